The van der Waals surface area contributed by atoms with Crippen LogP contribution in [0, 0.1) is 0 Å². The van der Waals surface area contributed by atoms with Gasteiger partial charge in [0.15, 0.2) is 0 Å². The van der Waals surface area contributed by atoms with Gasteiger partial charge in [0.05, 0.1) is 23.7 Å². The zero-order valence-corrected chi connectivity index (χ0v) is 20.6. The van der Waals surface area contributed by atoms with Crippen LogP contribution >= 0.6 is 0 Å². The number of sulfonamides is 1. The summed E-state index contributed by atoms with van der Waals surface area (Å²) in [6, 6.07) is 4.17. The molecule has 0 aliphatic heterocycles. The largest absolute Gasteiger partial charge is 0.462 e. The Morgan fingerprint density at radius 1 is 0.781 bits per heavy atom. The lowest BCUT2D eigenvalue weighted by Gasteiger charge is -2.10. The molecule has 0 heterocycles. The highest BCUT2D eigenvalue weighted by Crippen LogP contribution is 2.17. The standard InChI is InChI=1S/C24H41NO6S/c1-3-5-7-9-11-13-15-29-24(26)22-17-21(18-23(19-22)32(25,27)28)20-31-30-16-14-12-10-8-6-4-2/h17-19H,3-16,20H2,1-2H3,(H2,25,27,28). The van der Waals surface area contributed by atoms with Crippen molar-refractivity contribution >= 4 is 16.0 Å². The Kier molecular flexibility index (Phi) is 15.2. The summed E-state index contributed by atoms with van der Waals surface area (Å²) in [5.74, 6) is -0.571. The SMILES string of the molecule is CCCCCCCCOOCc1cc(C(=O)OCCCCCCCC)cc(S(N)(=O)=O)c1. The first-order chi connectivity index (χ1) is 15.4. The molecule has 0 aromatic heterocycles. The minimum Gasteiger partial charge on any atom is -0.462 e. The number of benzene rings is 1. The summed E-state index contributed by atoms with van der Waals surface area (Å²) >= 11 is 0. The zero-order valence-electron chi connectivity index (χ0n) is 19.8. The van der Waals surface area contributed by atoms with E-state index in [2.05, 4.69) is 13.8 Å². The van der Waals surface area contributed by atoms with E-state index in [-0.39, 0.29) is 17.1 Å². The monoisotopic (exact) mass is 471 g/mol. The first kappa shape index (κ1) is 28.6. The maximum absolute atomic E-state index is 12.4. The molecule has 7 nitrogen and oxygen atoms in total. The van der Waals surface area contributed by atoms with E-state index in [1.807, 2.05) is 0 Å². The number of hydrogen-bond acceptors (Lipinski definition) is 6. The molecule has 0 amide bonds. The highest BCUT2D eigenvalue weighted by molar-refractivity contribution is 7.89. The van der Waals surface area contributed by atoms with E-state index in [0.717, 1.165) is 32.1 Å². The predicted molar refractivity (Wildman–Crippen MR) is 126 cm³/mol. The van der Waals surface area contributed by atoms with E-state index in [9.17, 15) is 13.2 Å². The van der Waals surface area contributed by atoms with Crippen molar-refractivity contribution in [3.8, 4) is 0 Å². The van der Waals surface area contributed by atoms with E-state index >= 15 is 0 Å². The van der Waals surface area contributed by atoms with Crippen LogP contribution in [0.1, 0.15) is 107 Å². The molecule has 1 rings (SSSR count). The van der Waals surface area contributed by atoms with Crippen LogP contribution in [-0.2, 0) is 31.1 Å². The van der Waals surface area contributed by atoms with Gasteiger partial charge in [0.2, 0.25) is 10.0 Å². The first-order valence-electron chi connectivity index (χ1n) is 12.0. The molecule has 0 aliphatic carbocycles. The molecule has 0 radical (unpaired) electrons. The smallest absolute Gasteiger partial charge is 0.338 e. The third-order valence-corrected chi connectivity index (χ3v) is 6.04. The molecule has 8 heteroatoms. The van der Waals surface area contributed by atoms with Crippen molar-refractivity contribution in [2.24, 2.45) is 5.14 Å². The summed E-state index contributed by atoms with van der Waals surface area (Å²) in [5.41, 5.74) is 0.614. The minimum absolute atomic E-state index is 0.0108. The van der Waals surface area contributed by atoms with Crippen molar-refractivity contribution in [1.29, 1.82) is 0 Å². The molecular formula is C24H41NO6S. The first-order valence-corrected chi connectivity index (χ1v) is 13.5. The molecule has 32 heavy (non-hydrogen) atoms. The topological polar surface area (TPSA) is 105 Å². The van der Waals surface area contributed by atoms with Crippen LogP contribution in [0.25, 0.3) is 0 Å². The van der Waals surface area contributed by atoms with Crippen LogP contribution in [0.5, 0.6) is 0 Å². The summed E-state index contributed by atoms with van der Waals surface area (Å²) < 4.78 is 29.0. The molecule has 0 saturated heterocycles. The van der Waals surface area contributed by atoms with Crippen LogP contribution in [0.3, 0.4) is 0 Å². The lowest BCUT2D eigenvalue weighted by molar-refractivity contribution is -0.304. The van der Waals surface area contributed by atoms with Gasteiger partial charge in [-0.25, -0.2) is 28.1 Å². The van der Waals surface area contributed by atoms with Gasteiger partial charge in [-0.1, -0.05) is 78.1 Å². The highest BCUT2D eigenvalue weighted by Gasteiger charge is 2.16. The number of nitrogens with two attached hydrogens (primary N) is 1. The maximum atomic E-state index is 12.4. The molecule has 1 aromatic rings. The van der Waals surface area contributed by atoms with Crippen molar-refractivity contribution < 1.29 is 27.7 Å². The lowest BCUT2D eigenvalue weighted by Crippen LogP contribution is -2.15. The number of hydrogen-bond donors (Lipinski definition) is 1. The molecule has 0 fully saturated rings. The zero-order chi connectivity index (χ0) is 23.7. The van der Waals surface area contributed by atoms with Crippen LogP contribution in [0.15, 0.2) is 23.1 Å². The maximum Gasteiger partial charge on any atom is 0.338 e. The number of carbonyl (C=O) groups is 1. The van der Waals surface area contributed by atoms with Gasteiger partial charge in [0.25, 0.3) is 0 Å². The van der Waals surface area contributed by atoms with Gasteiger partial charge < -0.3 is 4.74 Å². The number of rotatable bonds is 19. The van der Waals surface area contributed by atoms with Gasteiger partial charge in [-0.2, -0.15) is 0 Å². The molecule has 184 valence electrons. The van der Waals surface area contributed by atoms with E-state index in [4.69, 9.17) is 19.7 Å². The summed E-state index contributed by atoms with van der Waals surface area (Å²) in [6.45, 7) is 5.13. The molecule has 0 spiro atoms. The third-order valence-electron chi connectivity index (χ3n) is 5.15. The summed E-state index contributed by atoms with van der Waals surface area (Å²) in [7, 11) is -3.97. The fourth-order valence-electron chi connectivity index (χ4n) is 3.27. The van der Waals surface area contributed by atoms with Gasteiger partial charge in [0, 0.05) is 0 Å². The lowest BCUT2D eigenvalue weighted by atomic mass is 10.1. The summed E-state index contributed by atoms with van der Waals surface area (Å²) in [4.78, 5) is 22.7. The Morgan fingerprint density at radius 3 is 1.94 bits per heavy atom. The third kappa shape index (κ3) is 13.2. The number of unbranched alkanes of at least 4 members (excludes halogenated alkanes) is 10. The molecule has 0 atom stereocenters. The van der Waals surface area contributed by atoms with Crippen LogP contribution in [-0.4, -0.2) is 27.6 Å². The van der Waals surface area contributed by atoms with E-state index in [1.54, 1.807) is 6.07 Å². The van der Waals surface area contributed by atoms with Crippen LogP contribution in [0.2, 0.25) is 0 Å². The molecule has 1 aromatic carbocycles. The summed E-state index contributed by atoms with van der Waals surface area (Å²) in [5, 5.41) is 5.27. The molecule has 2 N–H and O–H groups in total. The molecule has 0 unspecified atom stereocenters. The number of primary sulfonamides is 1. The van der Waals surface area contributed by atoms with Crippen molar-refractivity contribution in [2.45, 2.75) is 102 Å². The van der Waals surface area contributed by atoms with E-state index in [0.29, 0.717) is 18.8 Å². The number of ether oxygens (including phenoxy) is 1. The molecule has 0 aliphatic rings. The minimum atomic E-state index is -3.97. The Labute approximate surface area is 194 Å². The Hall–Kier alpha value is -1.48. The van der Waals surface area contributed by atoms with E-state index < -0.39 is 16.0 Å². The van der Waals surface area contributed by atoms with E-state index in [1.165, 1.54) is 57.1 Å². The van der Waals surface area contributed by atoms with Gasteiger partial charge in [-0.3, -0.25) is 0 Å². The van der Waals surface area contributed by atoms with Crippen molar-refractivity contribution in [3.63, 3.8) is 0 Å². The fraction of sp³-hybridized carbons (Fsp3) is 0.708. The average molecular weight is 472 g/mol. The number of carbonyl (C=O) groups excluding carboxylic acids is 1. The van der Waals surface area contributed by atoms with Gasteiger partial charge in [-0.05, 0) is 36.6 Å². The second-order valence-electron chi connectivity index (χ2n) is 8.17. The quantitative estimate of drug-likeness (QED) is 0.121. The average Bonchev–Trinajstić information content (AvgIpc) is 2.76. The van der Waals surface area contributed by atoms with Crippen molar-refractivity contribution in [1.82, 2.24) is 0 Å². The van der Waals surface area contributed by atoms with Crippen molar-refractivity contribution in [3.05, 3.63) is 29.3 Å². The van der Waals surface area contributed by atoms with Crippen LogP contribution in [0.4, 0.5) is 0 Å². The Bertz CT molecular complexity index is 751. The van der Waals surface area contributed by atoms with Gasteiger partial charge >= 0.3 is 5.97 Å². The van der Waals surface area contributed by atoms with Crippen molar-refractivity contribution in [2.75, 3.05) is 13.2 Å². The fourth-order valence-corrected chi connectivity index (χ4v) is 3.87. The second kappa shape index (κ2) is 17.1. The van der Waals surface area contributed by atoms with Gasteiger partial charge in [0.1, 0.15) is 6.61 Å². The predicted octanol–water partition coefficient (Wildman–Crippen LogP) is 5.66. The number of esters is 1. The Balaban J connectivity index is 2.50. The normalized spacial score (nSPS) is 11.6. The van der Waals surface area contributed by atoms with Gasteiger partial charge in [-0.15, -0.1) is 0 Å². The van der Waals surface area contributed by atoms with Crippen LogP contribution < -0.4 is 5.14 Å². The molecular weight excluding hydrogens is 430 g/mol. The summed E-state index contributed by atoms with van der Waals surface area (Å²) in [6.07, 6.45) is 13.3. The Morgan fingerprint density at radius 2 is 1.34 bits per heavy atom. The molecule has 0 bridgehead atoms. The highest BCUT2D eigenvalue weighted by atomic mass is 32.2. The second-order valence-corrected chi connectivity index (χ2v) is 9.73. The molecule has 0 saturated carbocycles.